The van der Waals surface area contributed by atoms with Gasteiger partial charge in [0.2, 0.25) is 10.0 Å². The largest absolute Gasteiger partial charge is 0.486 e. The summed E-state index contributed by atoms with van der Waals surface area (Å²) in [6.45, 7) is 3.68. The molecule has 1 aliphatic heterocycles. The third-order valence-corrected chi connectivity index (χ3v) is 8.49. The molecule has 0 atom stereocenters. The summed E-state index contributed by atoms with van der Waals surface area (Å²) in [7, 11) is -3.41. The van der Waals surface area contributed by atoms with Crippen LogP contribution in [0.2, 0.25) is 0 Å². The first-order chi connectivity index (χ1) is 14.5. The molecule has 1 aromatic carbocycles. The molecule has 4 rings (SSSR count). The van der Waals surface area contributed by atoms with Gasteiger partial charge in [0, 0.05) is 30.4 Å². The van der Waals surface area contributed by atoms with E-state index in [1.807, 2.05) is 36.6 Å². The fraction of sp³-hybridized carbons (Fsp3) is 0.333. The van der Waals surface area contributed by atoms with E-state index in [1.165, 1.54) is 27.8 Å². The van der Waals surface area contributed by atoms with E-state index in [9.17, 15) is 8.42 Å². The molecule has 6 nitrogen and oxygen atoms in total. The van der Waals surface area contributed by atoms with Crippen molar-refractivity contribution in [3.05, 3.63) is 64.2 Å². The lowest BCUT2D eigenvalue weighted by atomic mass is 10.2. The fourth-order valence-electron chi connectivity index (χ4n) is 3.09. The van der Waals surface area contributed by atoms with Crippen molar-refractivity contribution in [3.8, 4) is 5.75 Å². The average molecular weight is 462 g/mol. The Morgan fingerprint density at radius 2 is 1.90 bits per heavy atom. The van der Waals surface area contributed by atoms with E-state index < -0.39 is 10.0 Å². The van der Waals surface area contributed by atoms with E-state index >= 15 is 0 Å². The third-order valence-electron chi connectivity index (χ3n) is 4.76. The summed E-state index contributed by atoms with van der Waals surface area (Å²) in [6, 6.07) is 11.4. The van der Waals surface area contributed by atoms with E-state index in [2.05, 4.69) is 9.97 Å². The van der Waals surface area contributed by atoms with Gasteiger partial charge in [-0.05, 0) is 44.0 Å². The smallest absolute Gasteiger partial charge is 0.244 e. The molecule has 0 radical (unpaired) electrons. The second kappa shape index (κ2) is 9.47. The van der Waals surface area contributed by atoms with Gasteiger partial charge in [-0.15, -0.1) is 23.1 Å². The van der Waals surface area contributed by atoms with Gasteiger partial charge >= 0.3 is 0 Å². The molecule has 0 unspecified atom stereocenters. The van der Waals surface area contributed by atoms with E-state index in [0.29, 0.717) is 25.4 Å². The number of ether oxygens (including phenoxy) is 1. The summed E-state index contributed by atoms with van der Waals surface area (Å²) in [5.41, 5.74) is 2.16. The van der Waals surface area contributed by atoms with E-state index in [0.717, 1.165) is 34.3 Å². The molecular formula is C21H23N3O3S3. The Bertz CT molecular complexity index is 1070. The first-order valence-corrected chi connectivity index (χ1v) is 13.0. The summed E-state index contributed by atoms with van der Waals surface area (Å²) in [5, 5.41) is 3.72. The minimum Gasteiger partial charge on any atom is -0.486 e. The number of rotatable bonds is 8. The quantitative estimate of drug-likeness (QED) is 0.460. The molecule has 0 amide bonds. The maximum Gasteiger partial charge on any atom is 0.244 e. The van der Waals surface area contributed by atoms with Crippen LogP contribution in [0.25, 0.3) is 0 Å². The van der Waals surface area contributed by atoms with E-state index in [4.69, 9.17) is 4.74 Å². The van der Waals surface area contributed by atoms with Crippen molar-refractivity contribution in [1.82, 2.24) is 14.3 Å². The second-order valence-electron chi connectivity index (χ2n) is 7.07. The average Bonchev–Trinajstić information content (AvgIpc) is 3.45. The van der Waals surface area contributed by atoms with Crippen LogP contribution in [0.1, 0.15) is 29.1 Å². The molecule has 3 heterocycles. The molecule has 1 fully saturated rings. The molecule has 0 N–H and O–H groups in total. The molecule has 9 heteroatoms. The molecule has 158 valence electrons. The molecule has 0 bridgehead atoms. The van der Waals surface area contributed by atoms with Gasteiger partial charge in [-0.1, -0.05) is 17.7 Å². The number of sulfonamides is 1. The van der Waals surface area contributed by atoms with Crippen LogP contribution in [0, 0.1) is 6.92 Å². The van der Waals surface area contributed by atoms with Crippen molar-refractivity contribution >= 4 is 33.1 Å². The van der Waals surface area contributed by atoms with Gasteiger partial charge in [0.05, 0.1) is 10.7 Å². The molecule has 1 aliphatic rings. The number of nitrogens with zero attached hydrogens (tertiary/aromatic N) is 3. The van der Waals surface area contributed by atoms with Crippen molar-refractivity contribution in [1.29, 1.82) is 0 Å². The second-order valence-corrected chi connectivity index (χ2v) is 10.9. The Morgan fingerprint density at radius 1 is 1.13 bits per heavy atom. The highest BCUT2D eigenvalue weighted by atomic mass is 32.2. The van der Waals surface area contributed by atoms with Gasteiger partial charge in [-0.2, -0.15) is 4.31 Å². The number of hydrogen-bond acceptors (Lipinski definition) is 7. The number of thioether (sulfide) groups is 1. The summed E-state index contributed by atoms with van der Waals surface area (Å²) in [6.07, 6.45) is 3.30. The van der Waals surface area contributed by atoms with E-state index in [1.54, 1.807) is 23.5 Å². The molecule has 1 saturated heterocycles. The van der Waals surface area contributed by atoms with Crippen LogP contribution in [0.3, 0.4) is 0 Å². The van der Waals surface area contributed by atoms with Crippen molar-refractivity contribution < 1.29 is 13.2 Å². The highest BCUT2D eigenvalue weighted by molar-refractivity contribution is 7.98. The highest BCUT2D eigenvalue weighted by Crippen LogP contribution is 2.25. The topological polar surface area (TPSA) is 72.4 Å². The first-order valence-electron chi connectivity index (χ1n) is 9.72. The van der Waals surface area contributed by atoms with Crippen LogP contribution in [0.4, 0.5) is 0 Å². The van der Waals surface area contributed by atoms with Gasteiger partial charge < -0.3 is 4.74 Å². The summed E-state index contributed by atoms with van der Waals surface area (Å²) < 4.78 is 32.4. The van der Waals surface area contributed by atoms with Crippen LogP contribution in [0.15, 0.2) is 57.9 Å². The number of benzene rings is 1. The standard InChI is InChI=1S/C21H23N3O3S3/c1-16-4-6-18(7-5-16)27-13-21-23-17(15-29-21)14-28-20-9-8-19(12-22-20)30(25,26)24-10-2-3-11-24/h4-9,12,15H,2-3,10-11,13-14H2,1H3. The molecule has 30 heavy (non-hydrogen) atoms. The zero-order chi connectivity index (χ0) is 21.0. The zero-order valence-electron chi connectivity index (χ0n) is 16.7. The normalized spacial score (nSPS) is 14.8. The predicted octanol–water partition coefficient (Wildman–Crippen LogP) is 4.50. The fourth-order valence-corrected chi connectivity index (χ4v) is 6.10. The molecule has 0 spiro atoms. The zero-order valence-corrected chi connectivity index (χ0v) is 19.1. The van der Waals surface area contributed by atoms with E-state index in [-0.39, 0.29) is 4.90 Å². The van der Waals surface area contributed by atoms with Crippen LogP contribution < -0.4 is 4.74 Å². The maximum atomic E-state index is 12.6. The number of aromatic nitrogens is 2. The number of aryl methyl sites for hydroxylation is 1. The van der Waals surface area contributed by atoms with Gasteiger partial charge in [-0.3, -0.25) is 0 Å². The van der Waals surface area contributed by atoms with Crippen LogP contribution >= 0.6 is 23.1 Å². The predicted molar refractivity (Wildman–Crippen MR) is 119 cm³/mol. The third kappa shape index (κ3) is 5.21. The Balaban J connectivity index is 1.30. The minimum absolute atomic E-state index is 0.262. The molecule has 2 aromatic heterocycles. The van der Waals surface area contributed by atoms with Crippen molar-refractivity contribution in [2.24, 2.45) is 0 Å². The van der Waals surface area contributed by atoms with Crippen molar-refractivity contribution in [2.75, 3.05) is 13.1 Å². The monoisotopic (exact) mass is 461 g/mol. The van der Waals surface area contributed by atoms with Gasteiger partial charge in [0.1, 0.15) is 22.3 Å². The molecule has 3 aromatic rings. The molecule has 0 aliphatic carbocycles. The van der Waals surface area contributed by atoms with Crippen molar-refractivity contribution in [2.45, 2.75) is 42.0 Å². The number of thiazole rings is 1. The number of hydrogen-bond donors (Lipinski definition) is 0. The van der Waals surface area contributed by atoms with Crippen LogP contribution in [-0.2, 0) is 22.4 Å². The Hall–Kier alpha value is -1.94. The maximum absolute atomic E-state index is 12.6. The molecular weight excluding hydrogens is 438 g/mol. The molecule has 0 saturated carbocycles. The summed E-state index contributed by atoms with van der Waals surface area (Å²) in [4.78, 5) is 9.20. The van der Waals surface area contributed by atoms with Crippen LogP contribution in [0.5, 0.6) is 5.75 Å². The summed E-state index contributed by atoms with van der Waals surface area (Å²) in [5.74, 6) is 1.51. The lowest BCUT2D eigenvalue weighted by Crippen LogP contribution is -2.27. The lowest BCUT2D eigenvalue weighted by Gasteiger charge is -2.15. The highest BCUT2D eigenvalue weighted by Gasteiger charge is 2.27. The van der Waals surface area contributed by atoms with Crippen LogP contribution in [-0.4, -0.2) is 35.8 Å². The van der Waals surface area contributed by atoms with Gasteiger partial charge in [-0.25, -0.2) is 18.4 Å². The van der Waals surface area contributed by atoms with Gasteiger partial charge in [0.25, 0.3) is 0 Å². The Morgan fingerprint density at radius 3 is 2.60 bits per heavy atom. The lowest BCUT2D eigenvalue weighted by molar-refractivity contribution is 0.305. The Labute approximate surface area is 185 Å². The van der Waals surface area contributed by atoms with Crippen molar-refractivity contribution in [3.63, 3.8) is 0 Å². The van der Waals surface area contributed by atoms with Gasteiger partial charge in [0.15, 0.2) is 0 Å². The summed E-state index contributed by atoms with van der Waals surface area (Å²) >= 11 is 3.11. The first kappa shape index (κ1) is 21.3. The SMILES string of the molecule is Cc1ccc(OCc2nc(CSc3ccc(S(=O)(=O)N4CCCC4)cn3)cs2)cc1. The number of pyridine rings is 1. The minimum atomic E-state index is -3.41. The Kier molecular flexibility index (Phi) is 6.72.